The number of hydrogen-bond acceptors (Lipinski definition) is 4. The van der Waals surface area contributed by atoms with Crippen molar-refractivity contribution in [2.24, 2.45) is 0 Å². The Morgan fingerprint density at radius 2 is 1.93 bits per heavy atom. The van der Waals surface area contributed by atoms with E-state index in [1.165, 1.54) is 12.1 Å². The molecule has 0 amide bonds. The van der Waals surface area contributed by atoms with Crippen LogP contribution in [0.15, 0.2) is 65.8 Å². The fourth-order valence-electron chi connectivity index (χ4n) is 3.17. The number of rotatable bonds is 5. The molecule has 2 N–H and O–H groups in total. The van der Waals surface area contributed by atoms with Gasteiger partial charge in [0.1, 0.15) is 11.4 Å². The number of pyridine rings is 1. The van der Waals surface area contributed by atoms with Gasteiger partial charge in [-0.05, 0) is 48.4 Å². The topological polar surface area (TPSA) is 84.1 Å². The second kappa shape index (κ2) is 7.42. The predicted molar refractivity (Wildman–Crippen MR) is 115 cm³/mol. The summed E-state index contributed by atoms with van der Waals surface area (Å²) in [5.41, 5.74) is 3.45. The van der Waals surface area contributed by atoms with Crippen molar-refractivity contribution in [3.63, 3.8) is 0 Å². The molecule has 0 spiro atoms. The molecule has 0 unspecified atom stereocenters. The third-order valence-electron chi connectivity index (χ3n) is 4.61. The molecule has 0 bridgehead atoms. The van der Waals surface area contributed by atoms with Crippen LogP contribution >= 0.6 is 11.6 Å². The highest BCUT2D eigenvalue weighted by molar-refractivity contribution is 7.92. The maximum atomic E-state index is 13.0. The van der Waals surface area contributed by atoms with Gasteiger partial charge in [-0.1, -0.05) is 29.8 Å². The highest BCUT2D eigenvalue weighted by Gasteiger charge is 2.20. The van der Waals surface area contributed by atoms with Crippen LogP contribution in [0.1, 0.15) is 5.56 Å². The monoisotopic (exact) mass is 427 g/mol. The molecule has 148 valence electrons. The number of methoxy groups -OCH3 is 1. The number of anilines is 1. The Labute approximate surface area is 173 Å². The zero-order valence-corrected chi connectivity index (χ0v) is 17.3. The number of ether oxygens (including phenoxy) is 1. The summed E-state index contributed by atoms with van der Waals surface area (Å²) in [7, 11) is -2.24. The molecule has 0 saturated carbocycles. The maximum Gasteiger partial charge on any atom is 0.261 e. The second-order valence-electron chi connectivity index (χ2n) is 6.54. The Hall–Kier alpha value is -3.03. The number of fused-ring (bicyclic) bond motifs is 1. The van der Waals surface area contributed by atoms with Crippen molar-refractivity contribution in [2.75, 3.05) is 11.8 Å². The quantitative estimate of drug-likeness (QED) is 0.469. The lowest BCUT2D eigenvalue weighted by Crippen LogP contribution is -2.14. The molecule has 2 aromatic heterocycles. The van der Waals surface area contributed by atoms with Crippen molar-refractivity contribution in [1.29, 1.82) is 0 Å². The van der Waals surface area contributed by atoms with E-state index in [-0.39, 0.29) is 4.90 Å². The van der Waals surface area contributed by atoms with Crippen molar-refractivity contribution in [3.05, 3.63) is 71.5 Å². The zero-order chi connectivity index (χ0) is 20.6. The van der Waals surface area contributed by atoms with Crippen LogP contribution in [0.2, 0.25) is 5.02 Å². The van der Waals surface area contributed by atoms with Crippen LogP contribution < -0.4 is 9.46 Å². The number of sulfonamides is 1. The third-order valence-corrected chi connectivity index (χ3v) is 6.20. The molecular weight excluding hydrogens is 410 g/mol. The van der Waals surface area contributed by atoms with Crippen LogP contribution in [-0.2, 0) is 10.0 Å². The Balaban J connectivity index is 1.88. The lowest BCUT2D eigenvalue weighted by Gasteiger charge is -2.13. The summed E-state index contributed by atoms with van der Waals surface area (Å²) in [4.78, 5) is 7.61. The summed E-state index contributed by atoms with van der Waals surface area (Å²) in [6, 6.07) is 13.7. The first-order chi connectivity index (χ1) is 13.9. The minimum atomic E-state index is -3.84. The summed E-state index contributed by atoms with van der Waals surface area (Å²) in [6.45, 7) is 1.81. The molecule has 0 aliphatic rings. The molecule has 0 radical (unpaired) electrons. The van der Waals surface area contributed by atoms with Crippen molar-refractivity contribution in [3.8, 4) is 16.9 Å². The average Bonchev–Trinajstić information content (AvgIpc) is 3.14. The number of aromatic amines is 1. The highest BCUT2D eigenvalue weighted by Crippen LogP contribution is 2.37. The summed E-state index contributed by atoms with van der Waals surface area (Å²) >= 11 is 5.98. The molecule has 8 heteroatoms. The number of nitrogens with one attached hydrogen (secondary N) is 2. The molecule has 0 aliphatic carbocycles. The summed E-state index contributed by atoms with van der Waals surface area (Å²) in [5, 5.41) is 1.03. The van der Waals surface area contributed by atoms with Gasteiger partial charge < -0.3 is 9.72 Å². The largest absolute Gasteiger partial charge is 0.497 e. The van der Waals surface area contributed by atoms with E-state index in [1.54, 1.807) is 25.4 Å². The Bertz CT molecular complexity index is 1320. The molecular formula is C21H18ClN3O3S. The van der Waals surface area contributed by atoms with Gasteiger partial charge in [0.05, 0.1) is 23.1 Å². The Kier molecular flexibility index (Phi) is 4.94. The fourth-order valence-corrected chi connectivity index (χ4v) is 4.61. The predicted octanol–water partition coefficient (Wildman–Crippen LogP) is 5.00. The first-order valence-electron chi connectivity index (χ1n) is 8.78. The molecule has 0 saturated heterocycles. The number of aromatic nitrogens is 2. The van der Waals surface area contributed by atoms with Gasteiger partial charge in [-0.25, -0.2) is 13.4 Å². The smallest absolute Gasteiger partial charge is 0.261 e. The van der Waals surface area contributed by atoms with Crippen LogP contribution in [0, 0.1) is 6.92 Å². The summed E-state index contributed by atoms with van der Waals surface area (Å²) < 4.78 is 34.0. The van der Waals surface area contributed by atoms with E-state index in [0.29, 0.717) is 33.1 Å². The van der Waals surface area contributed by atoms with Gasteiger partial charge in [0.25, 0.3) is 10.0 Å². The Morgan fingerprint density at radius 3 is 2.69 bits per heavy atom. The highest BCUT2D eigenvalue weighted by atomic mass is 35.5. The SMILES string of the molecule is COc1cccc(-c2c[nH]c3ncc(C)c(NS(=O)(=O)c4cccc(Cl)c4)c23)c1. The molecule has 4 aromatic rings. The first kappa shape index (κ1) is 19.3. The lowest BCUT2D eigenvalue weighted by molar-refractivity contribution is 0.415. The normalized spacial score (nSPS) is 11.6. The van der Waals surface area contributed by atoms with Crippen molar-refractivity contribution in [1.82, 2.24) is 9.97 Å². The van der Waals surface area contributed by atoms with E-state index in [2.05, 4.69) is 14.7 Å². The van der Waals surface area contributed by atoms with Gasteiger partial charge in [0.2, 0.25) is 0 Å². The molecule has 6 nitrogen and oxygen atoms in total. The zero-order valence-electron chi connectivity index (χ0n) is 15.7. The number of halogens is 1. The van der Waals surface area contributed by atoms with E-state index < -0.39 is 10.0 Å². The minimum Gasteiger partial charge on any atom is -0.497 e. The van der Waals surface area contributed by atoms with Gasteiger partial charge in [0, 0.05) is 23.0 Å². The van der Waals surface area contributed by atoms with Gasteiger partial charge in [-0.15, -0.1) is 0 Å². The Morgan fingerprint density at radius 1 is 1.14 bits per heavy atom. The molecule has 4 rings (SSSR count). The number of benzene rings is 2. The maximum absolute atomic E-state index is 13.0. The fraction of sp³-hybridized carbons (Fsp3) is 0.0952. The van der Waals surface area contributed by atoms with Gasteiger partial charge in [-0.3, -0.25) is 4.72 Å². The van der Waals surface area contributed by atoms with Crippen LogP contribution in [0.4, 0.5) is 5.69 Å². The van der Waals surface area contributed by atoms with Crippen molar-refractivity contribution in [2.45, 2.75) is 11.8 Å². The lowest BCUT2D eigenvalue weighted by atomic mass is 10.0. The van der Waals surface area contributed by atoms with Crippen LogP contribution in [0.3, 0.4) is 0 Å². The van der Waals surface area contributed by atoms with E-state index >= 15 is 0 Å². The van der Waals surface area contributed by atoms with Gasteiger partial charge in [-0.2, -0.15) is 0 Å². The number of nitrogens with zero attached hydrogens (tertiary/aromatic N) is 1. The van der Waals surface area contributed by atoms with E-state index in [1.807, 2.05) is 37.4 Å². The summed E-state index contributed by atoms with van der Waals surface area (Å²) in [6.07, 6.45) is 3.44. The number of aryl methyl sites for hydroxylation is 1. The number of H-pyrrole nitrogens is 1. The minimum absolute atomic E-state index is 0.0906. The van der Waals surface area contributed by atoms with Gasteiger partial charge in [0.15, 0.2) is 0 Å². The van der Waals surface area contributed by atoms with Gasteiger partial charge >= 0.3 is 0 Å². The standard InChI is InChI=1S/C21H18ClN3O3S/c1-13-11-23-21-19(18(12-24-21)14-5-3-7-16(9-14)28-2)20(13)25-29(26,27)17-8-4-6-15(22)10-17/h3-12H,1-2H3,(H2,23,24,25). The molecule has 2 heterocycles. The first-order valence-corrected chi connectivity index (χ1v) is 10.6. The van der Waals surface area contributed by atoms with Crippen molar-refractivity contribution < 1.29 is 13.2 Å². The van der Waals surface area contributed by atoms with Crippen LogP contribution in [0.25, 0.3) is 22.2 Å². The molecule has 2 aromatic carbocycles. The van der Waals surface area contributed by atoms with E-state index in [4.69, 9.17) is 16.3 Å². The number of hydrogen-bond donors (Lipinski definition) is 2. The van der Waals surface area contributed by atoms with E-state index in [9.17, 15) is 8.42 Å². The van der Waals surface area contributed by atoms with Crippen molar-refractivity contribution >= 4 is 38.3 Å². The molecule has 29 heavy (non-hydrogen) atoms. The third kappa shape index (κ3) is 3.66. The molecule has 0 atom stereocenters. The molecule has 0 fully saturated rings. The van der Waals surface area contributed by atoms with Crippen LogP contribution in [0.5, 0.6) is 5.75 Å². The second-order valence-corrected chi connectivity index (χ2v) is 8.66. The van der Waals surface area contributed by atoms with Crippen LogP contribution in [-0.4, -0.2) is 25.5 Å². The summed E-state index contributed by atoms with van der Waals surface area (Å²) in [5.74, 6) is 0.707. The van der Waals surface area contributed by atoms with E-state index in [0.717, 1.165) is 11.1 Å². The molecule has 0 aliphatic heterocycles. The average molecular weight is 428 g/mol.